The summed E-state index contributed by atoms with van der Waals surface area (Å²) in [5, 5.41) is 10.0. The lowest BCUT2D eigenvalue weighted by atomic mass is 9.81. The van der Waals surface area contributed by atoms with Gasteiger partial charge in [0, 0.05) is 36.8 Å². The molecule has 2 aliphatic heterocycles. The van der Waals surface area contributed by atoms with E-state index in [1.165, 1.54) is 0 Å². The lowest BCUT2D eigenvalue weighted by molar-refractivity contribution is -0.154. The van der Waals surface area contributed by atoms with Gasteiger partial charge in [0.05, 0.1) is 11.3 Å². The number of carbonyl (C=O) groups excluding carboxylic acids is 2. The third-order valence-corrected chi connectivity index (χ3v) is 5.93. The Kier molecular flexibility index (Phi) is 5.75. The van der Waals surface area contributed by atoms with Gasteiger partial charge >= 0.3 is 5.97 Å². The number of hydrogen-bond donors (Lipinski definition) is 1. The first-order valence-electron chi connectivity index (χ1n) is 9.37. The molecule has 0 aliphatic carbocycles. The van der Waals surface area contributed by atoms with Crippen molar-refractivity contribution in [1.29, 1.82) is 0 Å². The Balaban J connectivity index is 1.66. The van der Waals surface area contributed by atoms with Gasteiger partial charge in [-0.15, -0.1) is 0 Å². The first-order chi connectivity index (χ1) is 12.8. The van der Waals surface area contributed by atoms with Crippen molar-refractivity contribution in [3.8, 4) is 0 Å². The van der Waals surface area contributed by atoms with Gasteiger partial charge in [-0.1, -0.05) is 11.6 Å². The van der Waals surface area contributed by atoms with Crippen LogP contribution in [-0.2, 0) is 9.59 Å². The van der Waals surface area contributed by atoms with Crippen molar-refractivity contribution in [2.75, 3.05) is 26.2 Å². The second-order valence-electron chi connectivity index (χ2n) is 7.83. The van der Waals surface area contributed by atoms with Crippen LogP contribution in [0.4, 0.5) is 0 Å². The molecular weight excluding hydrogens is 368 g/mol. The van der Waals surface area contributed by atoms with Crippen LogP contribution in [0, 0.1) is 11.3 Å². The maximum atomic E-state index is 13.0. The molecule has 3 rings (SSSR count). The van der Waals surface area contributed by atoms with Crippen LogP contribution in [0.15, 0.2) is 24.3 Å². The number of likely N-dealkylation sites (tertiary alicyclic amines) is 2. The molecule has 27 heavy (non-hydrogen) atoms. The van der Waals surface area contributed by atoms with Crippen LogP contribution in [0.2, 0.25) is 5.02 Å². The molecule has 0 aromatic heterocycles. The monoisotopic (exact) mass is 392 g/mol. The molecule has 2 unspecified atom stereocenters. The smallest absolute Gasteiger partial charge is 0.311 e. The summed E-state index contributed by atoms with van der Waals surface area (Å²) in [4.78, 5) is 40.7. The van der Waals surface area contributed by atoms with E-state index in [1.807, 2.05) is 0 Å². The third kappa shape index (κ3) is 4.26. The zero-order chi connectivity index (χ0) is 19.6. The van der Waals surface area contributed by atoms with Crippen molar-refractivity contribution in [3.05, 3.63) is 34.9 Å². The number of halogens is 1. The quantitative estimate of drug-likeness (QED) is 0.857. The van der Waals surface area contributed by atoms with E-state index in [9.17, 15) is 19.5 Å². The predicted molar refractivity (Wildman–Crippen MR) is 102 cm³/mol. The summed E-state index contributed by atoms with van der Waals surface area (Å²) in [6.45, 7) is 3.52. The van der Waals surface area contributed by atoms with Crippen LogP contribution >= 0.6 is 11.6 Å². The number of piperidine rings is 2. The summed E-state index contributed by atoms with van der Waals surface area (Å²) in [6, 6.07) is 6.75. The molecule has 6 nitrogen and oxygen atoms in total. The minimum absolute atomic E-state index is 0.0317. The van der Waals surface area contributed by atoms with Gasteiger partial charge in [0.1, 0.15) is 0 Å². The first-order valence-corrected chi connectivity index (χ1v) is 9.75. The largest absolute Gasteiger partial charge is 0.481 e. The predicted octanol–water partition coefficient (Wildman–Crippen LogP) is 2.91. The third-order valence-electron chi connectivity index (χ3n) is 5.67. The number of carboxylic acid groups (broad SMARTS) is 1. The molecular formula is C20H25ClN2O4. The van der Waals surface area contributed by atoms with E-state index < -0.39 is 11.4 Å². The average molecular weight is 393 g/mol. The van der Waals surface area contributed by atoms with Gasteiger partial charge in [-0.25, -0.2) is 0 Å². The van der Waals surface area contributed by atoms with Crippen molar-refractivity contribution >= 4 is 29.4 Å². The van der Waals surface area contributed by atoms with E-state index in [-0.39, 0.29) is 24.3 Å². The Morgan fingerprint density at radius 3 is 2.44 bits per heavy atom. The summed E-state index contributed by atoms with van der Waals surface area (Å²) >= 11 is 5.88. The second-order valence-corrected chi connectivity index (χ2v) is 8.26. The molecule has 2 amide bonds. The van der Waals surface area contributed by atoms with E-state index in [0.717, 1.165) is 12.8 Å². The maximum Gasteiger partial charge on any atom is 0.311 e. The average Bonchev–Trinajstić information content (AvgIpc) is 2.67. The van der Waals surface area contributed by atoms with Gasteiger partial charge in [0.25, 0.3) is 5.91 Å². The van der Waals surface area contributed by atoms with Crippen molar-refractivity contribution in [1.82, 2.24) is 9.80 Å². The Labute approximate surface area is 164 Å². The number of aliphatic carboxylic acids is 1. The standard InChI is InChI=1S/C20H25ClN2O4/c1-20(19(26)27)9-3-11-23(13-20)18(25)15-4-2-10-22(12-15)17(24)14-5-7-16(21)8-6-14/h5-8,15H,2-4,9-13H2,1H3,(H,26,27). The summed E-state index contributed by atoms with van der Waals surface area (Å²) in [6.07, 6.45) is 2.76. The van der Waals surface area contributed by atoms with E-state index >= 15 is 0 Å². The van der Waals surface area contributed by atoms with Crippen molar-refractivity contribution in [3.63, 3.8) is 0 Å². The molecule has 2 aliphatic rings. The SMILES string of the molecule is CC1(C(=O)O)CCCN(C(=O)C2CCCN(C(=O)c3ccc(Cl)cc3)C2)C1. The summed E-state index contributed by atoms with van der Waals surface area (Å²) < 4.78 is 0. The Bertz CT molecular complexity index is 736. The number of carbonyl (C=O) groups is 3. The molecule has 1 N–H and O–H groups in total. The highest BCUT2D eigenvalue weighted by molar-refractivity contribution is 6.30. The van der Waals surface area contributed by atoms with Crippen LogP contribution in [0.25, 0.3) is 0 Å². The van der Waals surface area contributed by atoms with E-state index in [2.05, 4.69) is 0 Å². The highest BCUT2D eigenvalue weighted by Gasteiger charge is 2.41. The number of benzene rings is 1. The lowest BCUT2D eigenvalue weighted by Crippen LogP contribution is -2.52. The van der Waals surface area contributed by atoms with Crippen LogP contribution in [0.1, 0.15) is 43.0 Å². The number of rotatable bonds is 3. The molecule has 0 spiro atoms. The van der Waals surface area contributed by atoms with Gasteiger partial charge in [-0.2, -0.15) is 0 Å². The maximum absolute atomic E-state index is 13.0. The fourth-order valence-electron chi connectivity index (χ4n) is 4.00. The highest BCUT2D eigenvalue weighted by Crippen LogP contribution is 2.31. The number of carboxylic acids is 1. The van der Waals surface area contributed by atoms with Crippen molar-refractivity contribution in [2.45, 2.75) is 32.6 Å². The number of hydrogen-bond acceptors (Lipinski definition) is 3. The first kappa shape index (κ1) is 19.7. The van der Waals surface area contributed by atoms with Gasteiger partial charge in [-0.3, -0.25) is 14.4 Å². The van der Waals surface area contributed by atoms with Crippen LogP contribution in [-0.4, -0.2) is 58.9 Å². The van der Waals surface area contributed by atoms with E-state index in [0.29, 0.717) is 43.1 Å². The number of amides is 2. The van der Waals surface area contributed by atoms with Crippen molar-refractivity contribution < 1.29 is 19.5 Å². The molecule has 7 heteroatoms. The van der Waals surface area contributed by atoms with Crippen LogP contribution in [0.5, 0.6) is 0 Å². The Morgan fingerprint density at radius 2 is 1.78 bits per heavy atom. The molecule has 1 aromatic rings. The fourth-order valence-corrected chi connectivity index (χ4v) is 4.12. The van der Waals surface area contributed by atoms with Crippen LogP contribution < -0.4 is 0 Å². The fraction of sp³-hybridized carbons (Fsp3) is 0.550. The van der Waals surface area contributed by atoms with Gasteiger partial charge < -0.3 is 14.9 Å². The molecule has 2 saturated heterocycles. The molecule has 1 aromatic carbocycles. The number of nitrogens with zero attached hydrogens (tertiary/aromatic N) is 2. The molecule has 2 atom stereocenters. The van der Waals surface area contributed by atoms with Gasteiger partial charge in [0.2, 0.25) is 5.91 Å². The summed E-state index contributed by atoms with van der Waals surface area (Å²) in [5.74, 6) is -1.26. The molecule has 0 saturated carbocycles. The zero-order valence-electron chi connectivity index (χ0n) is 15.5. The van der Waals surface area contributed by atoms with Crippen LogP contribution in [0.3, 0.4) is 0 Å². The summed E-state index contributed by atoms with van der Waals surface area (Å²) in [7, 11) is 0. The topological polar surface area (TPSA) is 77.9 Å². The van der Waals surface area contributed by atoms with E-state index in [1.54, 1.807) is 41.0 Å². The lowest BCUT2D eigenvalue weighted by Gasteiger charge is -2.41. The zero-order valence-corrected chi connectivity index (χ0v) is 16.2. The molecule has 0 bridgehead atoms. The molecule has 2 heterocycles. The van der Waals surface area contributed by atoms with Crippen molar-refractivity contribution in [2.24, 2.45) is 11.3 Å². The minimum atomic E-state index is -0.888. The van der Waals surface area contributed by atoms with Gasteiger partial charge in [-0.05, 0) is 56.9 Å². The highest BCUT2D eigenvalue weighted by atomic mass is 35.5. The second kappa shape index (κ2) is 7.89. The minimum Gasteiger partial charge on any atom is -0.481 e. The van der Waals surface area contributed by atoms with E-state index in [4.69, 9.17) is 11.6 Å². The molecule has 2 fully saturated rings. The Hall–Kier alpha value is -2.08. The molecule has 0 radical (unpaired) electrons. The normalized spacial score (nSPS) is 25.9. The van der Waals surface area contributed by atoms with Gasteiger partial charge in [0.15, 0.2) is 0 Å². The summed E-state index contributed by atoms with van der Waals surface area (Å²) in [5.41, 5.74) is -0.328. The Morgan fingerprint density at radius 1 is 1.11 bits per heavy atom. The molecule has 146 valence electrons.